The Morgan fingerprint density at radius 2 is 1.93 bits per heavy atom. The number of methoxy groups -OCH3 is 1. The molecule has 3 rings (SSSR count). The molecule has 1 saturated carbocycles. The third kappa shape index (κ3) is 4.07. The Balaban J connectivity index is 2.01. The minimum atomic E-state index is -0.574. The topological polar surface area (TPSA) is 80.8 Å². The Morgan fingerprint density at radius 3 is 2.48 bits per heavy atom. The number of hydrogen-bond acceptors (Lipinski definition) is 6. The first-order chi connectivity index (χ1) is 12.7. The molecule has 1 aromatic rings. The second kappa shape index (κ2) is 6.87. The van der Waals surface area contributed by atoms with Crippen molar-refractivity contribution in [3.63, 3.8) is 0 Å². The molecule has 1 aromatic heterocycles. The first-order valence-electron chi connectivity index (χ1n) is 9.19. The van der Waals surface area contributed by atoms with Crippen LogP contribution in [0.4, 0.5) is 10.6 Å². The van der Waals surface area contributed by atoms with Gasteiger partial charge in [-0.1, -0.05) is 6.08 Å². The molecule has 0 saturated heterocycles. The molecular weight excluding hydrogens is 346 g/mol. The zero-order chi connectivity index (χ0) is 19.8. The summed E-state index contributed by atoms with van der Waals surface area (Å²) in [6.45, 7) is 6.16. The number of pyridine rings is 1. The lowest BCUT2D eigenvalue weighted by Gasteiger charge is -2.34. The molecule has 1 N–H and O–H groups in total. The second-order valence-corrected chi connectivity index (χ2v) is 8.11. The van der Waals surface area contributed by atoms with Crippen LogP contribution in [0.1, 0.15) is 56.1 Å². The van der Waals surface area contributed by atoms with Gasteiger partial charge in [-0.25, -0.2) is 14.6 Å². The first-order valence-corrected chi connectivity index (χ1v) is 9.19. The number of anilines is 1. The predicted octanol–water partition coefficient (Wildman–Crippen LogP) is 3.67. The van der Waals surface area contributed by atoms with Crippen molar-refractivity contribution in [1.82, 2.24) is 9.88 Å². The highest BCUT2D eigenvalue weighted by molar-refractivity contribution is 5.90. The van der Waals surface area contributed by atoms with E-state index >= 15 is 0 Å². The maximum Gasteiger partial charge on any atom is 0.414 e. The lowest BCUT2D eigenvalue weighted by atomic mass is 9.93. The monoisotopic (exact) mass is 373 g/mol. The van der Waals surface area contributed by atoms with Crippen LogP contribution in [0.15, 0.2) is 18.2 Å². The highest BCUT2D eigenvalue weighted by Gasteiger charge is 2.45. The molecule has 1 aliphatic carbocycles. The Morgan fingerprint density at radius 1 is 1.22 bits per heavy atom. The van der Waals surface area contributed by atoms with E-state index in [1.807, 2.05) is 20.8 Å². The maximum absolute atomic E-state index is 12.8. The molecular formula is C20H27N3O4. The summed E-state index contributed by atoms with van der Waals surface area (Å²) in [5.74, 6) is 0.0220. The molecule has 0 aromatic carbocycles. The van der Waals surface area contributed by atoms with Gasteiger partial charge in [-0.3, -0.25) is 4.90 Å². The van der Waals surface area contributed by atoms with E-state index in [1.54, 1.807) is 24.1 Å². The van der Waals surface area contributed by atoms with Crippen molar-refractivity contribution in [2.24, 2.45) is 5.41 Å². The van der Waals surface area contributed by atoms with Crippen LogP contribution in [-0.2, 0) is 9.47 Å². The van der Waals surface area contributed by atoms with Crippen LogP contribution in [-0.4, -0.2) is 48.2 Å². The van der Waals surface area contributed by atoms with Crippen LogP contribution in [0.5, 0.6) is 0 Å². The van der Waals surface area contributed by atoms with Crippen molar-refractivity contribution < 1.29 is 19.1 Å². The second-order valence-electron chi connectivity index (χ2n) is 8.11. The van der Waals surface area contributed by atoms with Gasteiger partial charge in [-0.2, -0.15) is 0 Å². The van der Waals surface area contributed by atoms with Gasteiger partial charge in [0.25, 0.3) is 0 Å². The Kier molecular flexibility index (Phi) is 4.88. The smallest absolute Gasteiger partial charge is 0.414 e. The van der Waals surface area contributed by atoms with Crippen LogP contribution < -0.4 is 5.32 Å². The van der Waals surface area contributed by atoms with Gasteiger partial charge in [0, 0.05) is 19.2 Å². The number of esters is 1. The van der Waals surface area contributed by atoms with E-state index in [1.165, 1.54) is 7.11 Å². The number of amides is 1. The summed E-state index contributed by atoms with van der Waals surface area (Å²) in [6.07, 6.45) is 4.97. The summed E-state index contributed by atoms with van der Waals surface area (Å²) in [4.78, 5) is 30.6. The summed E-state index contributed by atoms with van der Waals surface area (Å²) in [5, 5.41) is 3.03. The van der Waals surface area contributed by atoms with Crippen molar-refractivity contribution in [2.45, 2.75) is 45.6 Å². The fourth-order valence-electron chi connectivity index (χ4n) is 3.25. The van der Waals surface area contributed by atoms with Crippen molar-refractivity contribution in [3.8, 4) is 0 Å². The summed E-state index contributed by atoms with van der Waals surface area (Å²) < 4.78 is 10.4. The molecule has 0 radical (unpaired) electrons. The van der Waals surface area contributed by atoms with E-state index in [-0.39, 0.29) is 17.2 Å². The van der Waals surface area contributed by atoms with Gasteiger partial charge in [0.1, 0.15) is 11.4 Å². The van der Waals surface area contributed by atoms with E-state index in [0.717, 1.165) is 30.5 Å². The average Bonchev–Trinajstić information content (AvgIpc) is 3.37. The minimum Gasteiger partial charge on any atom is -0.464 e. The number of carbonyl (C=O) groups excluding carboxylic acids is 2. The standard InChI is InChI=1S/C20H27N3O4/c1-19(2,3)27-18(25)23-11-10-20(8-9-20)12-15(23)13-6-7-14(17(24)26-5)22-16(13)21-4/h6-7,12H,8-11H2,1-5H3,(H,21,22). The SMILES string of the molecule is CNc1nc(C(=O)OC)ccc1C1=CC2(CCN1C(=O)OC(C)(C)C)CC2. The third-order valence-corrected chi connectivity index (χ3v) is 4.88. The predicted molar refractivity (Wildman–Crippen MR) is 102 cm³/mol. The van der Waals surface area contributed by atoms with Crippen LogP contribution in [0.3, 0.4) is 0 Å². The quantitative estimate of drug-likeness (QED) is 0.814. The third-order valence-electron chi connectivity index (χ3n) is 4.88. The van der Waals surface area contributed by atoms with Gasteiger partial charge >= 0.3 is 12.1 Å². The zero-order valence-electron chi connectivity index (χ0n) is 16.6. The van der Waals surface area contributed by atoms with E-state index in [2.05, 4.69) is 16.4 Å². The zero-order valence-corrected chi connectivity index (χ0v) is 16.6. The van der Waals surface area contributed by atoms with Crippen molar-refractivity contribution in [1.29, 1.82) is 0 Å². The Labute approximate surface area is 159 Å². The minimum absolute atomic E-state index is 0.167. The van der Waals surface area contributed by atoms with Crippen LogP contribution in [0.2, 0.25) is 0 Å². The van der Waals surface area contributed by atoms with Crippen LogP contribution in [0.25, 0.3) is 5.70 Å². The van der Waals surface area contributed by atoms with Gasteiger partial charge in [-0.15, -0.1) is 0 Å². The number of rotatable bonds is 3. The van der Waals surface area contributed by atoms with Gasteiger partial charge in [-0.05, 0) is 57.6 Å². The van der Waals surface area contributed by atoms with Gasteiger partial charge in [0.15, 0.2) is 5.69 Å². The molecule has 27 heavy (non-hydrogen) atoms. The Hall–Kier alpha value is -2.57. The number of nitrogens with one attached hydrogen (secondary N) is 1. The van der Waals surface area contributed by atoms with E-state index in [9.17, 15) is 9.59 Å². The maximum atomic E-state index is 12.8. The number of ether oxygens (including phenoxy) is 2. The van der Waals surface area contributed by atoms with E-state index < -0.39 is 11.6 Å². The molecule has 1 amide bonds. The van der Waals surface area contributed by atoms with Gasteiger partial charge in [0.2, 0.25) is 0 Å². The molecule has 0 unspecified atom stereocenters. The van der Waals surface area contributed by atoms with Crippen LogP contribution >= 0.6 is 0 Å². The normalized spacial score (nSPS) is 18.0. The number of hydrogen-bond donors (Lipinski definition) is 1. The lowest BCUT2D eigenvalue weighted by Crippen LogP contribution is -2.39. The van der Waals surface area contributed by atoms with Crippen molar-refractivity contribution in [2.75, 3.05) is 26.0 Å². The number of allylic oxidation sites excluding steroid dienone is 1. The van der Waals surface area contributed by atoms with Gasteiger partial charge in [0.05, 0.1) is 12.8 Å². The highest BCUT2D eigenvalue weighted by atomic mass is 16.6. The number of carbonyl (C=O) groups is 2. The average molecular weight is 373 g/mol. The number of nitrogens with zero attached hydrogens (tertiary/aromatic N) is 2. The summed E-state index contributed by atoms with van der Waals surface area (Å²) >= 11 is 0. The molecule has 1 aliphatic heterocycles. The van der Waals surface area contributed by atoms with Gasteiger partial charge < -0.3 is 14.8 Å². The molecule has 1 fully saturated rings. The summed E-state index contributed by atoms with van der Waals surface area (Å²) in [5.41, 5.74) is 1.35. The fraction of sp³-hybridized carbons (Fsp3) is 0.550. The summed E-state index contributed by atoms with van der Waals surface area (Å²) in [7, 11) is 3.06. The van der Waals surface area contributed by atoms with E-state index in [0.29, 0.717) is 12.4 Å². The largest absolute Gasteiger partial charge is 0.464 e. The molecule has 146 valence electrons. The van der Waals surface area contributed by atoms with Crippen molar-refractivity contribution >= 4 is 23.6 Å². The van der Waals surface area contributed by atoms with E-state index in [4.69, 9.17) is 9.47 Å². The molecule has 0 atom stereocenters. The molecule has 2 heterocycles. The first kappa shape index (κ1) is 19.2. The van der Waals surface area contributed by atoms with Crippen molar-refractivity contribution in [3.05, 3.63) is 29.5 Å². The molecule has 7 heteroatoms. The Bertz CT molecular complexity index is 791. The lowest BCUT2D eigenvalue weighted by molar-refractivity contribution is 0.0337. The highest BCUT2D eigenvalue weighted by Crippen LogP contribution is 2.54. The molecule has 2 aliphatic rings. The summed E-state index contributed by atoms with van der Waals surface area (Å²) in [6, 6.07) is 3.42. The number of aromatic nitrogens is 1. The fourth-order valence-corrected chi connectivity index (χ4v) is 3.25. The molecule has 7 nitrogen and oxygen atoms in total. The molecule has 1 spiro atoms. The molecule has 0 bridgehead atoms. The van der Waals surface area contributed by atoms with Crippen LogP contribution in [0, 0.1) is 5.41 Å².